The van der Waals surface area contributed by atoms with Crippen molar-refractivity contribution in [2.45, 2.75) is 10.3 Å². The smallest absolute Gasteiger partial charge is 0.0364 e. The van der Waals surface area contributed by atoms with E-state index in [1.54, 1.807) is 0 Å². The third kappa shape index (κ3) is 2.26. The van der Waals surface area contributed by atoms with Crippen LogP contribution in [0.15, 0.2) is 12.7 Å². The summed E-state index contributed by atoms with van der Waals surface area (Å²) in [6, 6.07) is 0. The highest BCUT2D eigenvalue weighted by atomic mass is 127. The molecule has 0 spiro atoms. The molecule has 52 valence electrons. The van der Waals surface area contributed by atoms with Crippen LogP contribution < -0.4 is 0 Å². The van der Waals surface area contributed by atoms with Crippen LogP contribution in [0.5, 0.6) is 0 Å². The standard InChI is InChI=1S/C7H12IN/c1-2-3-4-9-5-7(8)6-9/h2,7H,1,3-6H2. The first kappa shape index (κ1) is 7.54. The van der Waals surface area contributed by atoms with Gasteiger partial charge in [0.1, 0.15) is 0 Å². The zero-order valence-corrected chi connectivity index (χ0v) is 7.67. The molecule has 1 fully saturated rings. The minimum Gasteiger partial charge on any atom is -0.301 e. The molecule has 0 radical (unpaired) electrons. The van der Waals surface area contributed by atoms with E-state index in [-0.39, 0.29) is 0 Å². The number of likely N-dealkylation sites (tertiary alicyclic amines) is 1. The maximum absolute atomic E-state index is 3.68. The predicted octanol–water partition coefficient (Wildman–Crippen LogP) is 1.68. The fourth-order valence-electron chi connectivity index (χ4n) is 0.963. The second-order valence-corrected chi connectivity index (χ2v) is 4.20. The topological polar surface area (TPSA) is 3.24 Å². The first-order chi connectivity index (χ1) is 4.33. The van der Waals surface area contributed by atoms with Crippen LogP contribution in [0.2, 0.25) is 0 Å². The Labute approximate surface area is 70.3 Å². The molecule has 1 nitrogen and oxygen atoms in total. The summed E-state index contributed by atoms with van der Waals surface area (Å²) in [5.41, 5.74) is 0. The summed E-state index contributed by atoms with van der Waals surface area (Å²) >= 11 is 2.49. The number of alkyl halides is 1. The van der Waals surface area contributed by atoms with Gasteiger partial charge in [0.05, 0.1) is 0 Å². The molecule has 0 aromatic carbocycles. The Morgan fingerprint density at radius 2 is 2.33 bits per heavy atom. The van der Waals surface area contributed by atoms with Crippen molar-refractivity contribution >= 4 is 22.6 Å². The van der Waals surface area contributed by atoms with Gasteiger partial charge in [0.25, 0.3) is 0 Å². The molecule has 0 bridgehead atoms. The monoisotopic (exact) mass is 237 g/mol. The highest BCUT2D eigenvalue weighted by molar-refractivity contribution is 14.1. The van der Waals surface area contributed by atoms with E-state index in [1.165, 1.54) is 19.6 Å². The molecule has 1 heterocycles. The number of hydrogen-bond donors (Lipinski definition) is 0. The molecule has 0 aliphatic carbocycles. The first-order valence-electron chi connectivity index (χ1n) is 3.30. The molecule has 1 aliphatic rings. The molecule has 0 N–H and O–H groups in total. The Bertz CT molecular complexity index is 97.1. The highest BCUT2D eigenvalue weighted by Crippen LogP contribution is 2.15. The van der Waals surface area contributed by atoms with E-state index in [0.717, 1.165) is 10.3 Å². The molecule has 2 heteroatoms. The summed E-state index contributed by atoms with van der Waals surface area (Å²) in [7, 11) is 0. The number of rotatable bonds is 3. The second kappa shape index (κ2) is 3.56. The fourth-order valence-corrected chi connectivity index (χ4v) is 2.08. The van der Waals surface area contributed by atoms with Crippen molar-refractivity contribution in [2.75, 3.05) is 19.6 Å². The maximum Gasteiger partial charge on any atom is 0.0364 e. The Morgan fingerprint density at radius 1 is 1.67 bits per heavy atom. The summed E-state index contributed by atoms with van der Waals surface area (Å²) in [6.45, 7) is 7.47. The summed E-state index contributed by atoms with van der Waals surface area (Å²) in [4.78, 5) is 2.46. The molecular weight excluding hydrogens is 225 g/mol. The first-order valence-corrected chi connectivity index (χ1v) is 4.55. The van der Waals surface area contributed by atoms with E-state index < -0.39 is 0 Å². The Morgan fingerprint density at radius 3 is 2.78 bits per heavy atom. The van der Waals surface area contributed by atoms with Crippen LogP contribution in [0.1, 0.15) is 6.42 Å². The van der Waals surface area contributed by atoms with E-state index in [2.05, 4.69) is 34.1 Å². The second-order valence-electron chi connectivity index (χ2n) is 2.43. The third-order valence-corrected chi connectivity index (χ3v) is 2.35. The van der Waals surface area contributed by atoms with Crippen molar-refractivity contribution in [1.29, 1.82) is 0 Å². The van der Waals surface area contributed by atoms with E-state index in [0.29, 0.717) is 0 Å². The molecule has 0 atom stereocenters. The minimum absolute atomic E-state index is 0.910. The minimum atomic E-state index is 0.910. The van der Waals surface area contributed by atoms with Gasteiger partial charge >= 0.3 is 0 Å². The van der Waals surface area contributed by atoms with Gasteiger partial charge < -0.3 is 4.90 Å². The molecule has 0 aromatic rings. The van der Waals surface area contributed by atoms with Crippen LogP contribution in [-0.4, -0.2) is 28.5 Å². The molecule has 0 aromatic heterocycles. The molecular formula is C7H12IN. The Hall–Kier alpha value is 0.430. The number of halogens is 1. The van der Waals surface area contributed by atoms with Crippen molar-refractivity contribution in [2.24, 2.45) is 0 Å². The van der Waals surface area contributed by atoms with Gasteiger partial charge in [-0.25, -0.2) is 0 Å². The molecule has 0 saturated carbocycles. The average Bonchev–Trinajstić information content (AvgIpc) is 1.78. The lowest BCUT2D eigenvalue weighted by atomic mass is 10.2. The van der Waals surface area contributed by atoms with Crippen LogP contribution in [-0.2, 0) is 0 Å². The molecule has 1 saturated heterocycles. The van der Waals surface area contributed by atoms with Crippen LogP contribution in [0.4, 0.5) is 0 Å². The maximum atomic E-state index is 3.68. The molecule has 1 aliphatic heterocycles. The lowest BCUT2D eigenvalue weighted by Gasteiger charge is -2.35. The van der Waals surface area contributed by atoms with Crippen molar-refractivity contribution in [3.8, 4) is 0 Å². The van der Waals surface area contributed by atoms with E-state index in [4.69, 9.17) is 0 Å². The van der Waals surface area contributed by atoms with Gasteiger partial charge in [-0.1, -0.05) is 28.7 Å². The lowest BCUT2D eigenvalue weighted by Crippen LogP contribution is -2.47. The Balaban J connectivity index is 1.97. The summed E-state index contributed by atoms with van der Waals surface area (Å²) < 4.78 is 0.910. The van der Waals surface area contributed by atoms with E-state index in [1.807, 2.05) is 6.08 Å². The Kier molecular flexibility index (Phi) is 2.98. The van der Waals surface area contributed by atoms with Gasteiger partial charge in [0.2, 0.25) is 0 Å². The van der Waals surface area contributed by atoms with E-state index in [9.17, 15) is 0 Å². The van der Waals surface area contributed by atoms with Crippen molar-refractivity contribution < 1.29 is 0 Å². The van der Waals surface area contributed by atoms with Gasteiger partial charge in [-0.3, -0.25) is 0 Å². The summed E-state index contributed by atoms with van der Waals surface area (Å²) in [5.74, 6) is 0. The predicted molar refractivity (Wildman–Crippen MR) is 49.1 cm³/mol. The van der Waals surface area contributed by atoms with Gasteiger partial charge in [0.15, 0.2) is 0 Å². The van der Waals surface area contributed by atoms with Gasteiger partial charge in [-0.15, -0.1) is 6.58 Å². The molecule has 0 amide bonds. The van der Waals surface area contributed by atoms with Crippen LogP contribution in [0, 0.1) is 0 Å². The largest absolute Gasteiger partial charge is 0.301 e. The zero-order chi connectivity index (χ0) is 6.69. The average molecular weight is 237 g/mol. The van der Waals surface area contributed by atoms with Crippen LogP contribution in [0.3, 0.4) is 0 Å². The quantitative estimate of drug-likeness (QED) is 0.410. The fraction of sp³-hybridized carbons (Fsp3) is 0.714. The lowest BCUT2D eigenvalue weighted by molar-refractivity contribution is 0.202. The molecule has 9 heavy (non-hydrogen) atoms. The van der Waals surface area contributed by atoms with Crippen LogP contribution in [0.25, 0.3) is 0 Å². The van der Waals surface area contributed by atoms with Crippen molar-refractivity contribution in [1.82, 2.24) is 4.90 Å². The van der Waals surface area contributed by atoms with E-state index >= 15 is 0 Å². The summed E-state index contributed by atoms with van der Waals surface area (Å²) in [5, 5.41) is 0. The SMILES string of the molecule is C=CCCN1CC(I)C1. The molecule has 0 unspecified atom stereocenters. The molecule has 1 rings (SSSR count). The summed E-state index contributed by atoms with van der Waals surface area (Å²) in [6.07, 6.45) is 3.13. The van der Waals surface area contributed by atoms with Crippen LogP contribution >= 0.6 is 22.6 Å². The number of nitrogens with zero attached hydrogens (tertiary/aromatic N) is 1. The number of hydrogen-bond acceptors (Lipinski definition) is 1. The van der Waals surface area contributed by atoms with Crippen molar-refractivity contribution in [3.05, 3.63) is 12.7 Å². The highest BCUT2D eigenvalue weighted by Gasteiger charge is 2.22. The van der Waals surface area contributed by atoms with Gasteiger partial charge in [0, 0.05) is 23.6 Å². The van der Waals surface area contributed by atoms with Gasteiger partial charge in [-0.05, 0) is 6.42 Å². The third-order valence-electron chi connectivity index (χ3n) is 1.56. The van der Waals surface area contributed by atoms with Gasteiger partial charge in [-0.2, -0.15) is 0 Å². The van der Waals surface area contributed by atoms with Crippen molar-refractivity contribution in [3.63, 3.8) is 0 Å². The normalized spacial score (nSPS) is 21.4. The zero-order valence-electron chi connectivity index (χ0n) is 5.52.